The molecule has 1 heterocycles. The van der Waals surface area contributed by atoms with E-state index in [0.29, 0.717) is 5.95 Å². The summed E-state index contributed by atoms with van der Waals surface area (Å²) in [5.74, 6) is 0.500. The zero-order chi connectivity index (χ0) is 15.4. The first kappa shape index (κ1) is 13.8. The van der Waals surface area contributed by atoms with Gasteiger partial charge in [-0.25, -0.2) is 10.4 Å². The Kier molecular flexibility index (Phi) is 3.82. The third kappa shape index (κ3) is 3.29. The number of fused-ring (bicyclic) bond motifs is 1. The van der Waals surface area contributed by atoms with Gasteiger partial charge < -0.3 is 10.3 Å². The van der Waals surface area contributed by atoms with Crippen molar-refractivity contribution in [1.29, 1.82) is 0 Å². The summed E-state index contributed by atoms with van der Waals surface area (Å²) in [5, 5.41) is 6.86. The summed E-state index contributed by atoms with van der Waals surface area (Å²) >= 11 is 0. The molecule has 1 amide bonds. The molecule has 2 aromatic carbocycles. The summed E-state index contributed by atoms with van der Waals surface area (Å²) in [5.41, 5.74) is 6.38. The van der Waals surface area contributed by atoms with E-state index in [1.54, 1.807) is 6.21 Å². The Labute approximate surface area is 127 Å². The molecule has 110 valence electrons. The first-order chi connectivity index (χ1) is 10.7. The Morgan fingerprint density at radius 1 is 1.18 bits per heavy atom. The predicted molar refractivity (Wildman–Crippen MR) is 88.1 cm³/mol. The maximum absolute atomic E-state index is 10.9. The van der Waals surface area contributed by atoms with Crippen LogP contribution in [0.1, 0.15) is 12.5 Å². The number of carbonyl (C=O) groups is 1. The number of rotatable bonds is 4. The predicted octanol–water partition coefficient (Wildman–Crippen LogP) is 2.97. The molecule has 0 spiro atoms. The monoisotopic (exact) mass is 293 g/mol. The lowest BCUT2D eigenvalue weighted by Gasteiger charge is -2.01. The molecule has 0 aliphatic carbocycles. The smallest absolute Gasteiger partial charge is 0.222 e. The summed E-state index contributed by atoms with van der Waals surface area (Å²) in [6, 6.07) is 15.2. The first-order valence-corrected chi connectivity index (χ1v) is 6.82. The van der Waals surface area contributed by atoms with Crippen molar-refractivity contribution in [1.82, 2.24) is 9.97 Å². The molecular formula is C16H15N5O. The van der Waals surface area contributed by atoms with Crippen LogP contribution in [-0.4, -0.2) is 22.1 Å². The summed E-state index contributed by atoms with van der Waals surface area (Å²) in [6.45, 7) is 1.48. The van der Waals surface area contributed by atoms with E-state index in [9.17, 15) is 4.79 Å². The Balaban J connectivity index is 1.65. The van der Waals surface area contributed by atoms with Crippen LogP contribution in [0.3, 0.4) is 0 Å². The number of amides is 1. The highest BCUT2D eigenvalue weighted by Crippen LogP contribution is 2.13. The summed E-state index contributed by atoms with van der Waals surface area (Å²) in [7, 11) is 0. The summed E-state index contributed by atoms with van der Waals surface area (Å²) in [4.78, 5) is 18.4. The second-order valence-corrected chi connectivity index (χ2v) is 4.78. The van der Waals surface area contributed by atoms with Gasteiger partial charge in [0.15, 0.2) is 0 Å². The van der Waals surface area contributed by atoms with Crippen molar-refractivity contribution < 1.29 is 4.79 Å². The van der Waals surface area contributed by atoms with Crippen molar-refractivity contribution in [2.24, 2.45) is 5.10 Å². The second kappa shape index (κ2) is 6.09. The van der Waals surface area contributed by atoms with Crippen molar-refractivity contribution >= 4 is 34.8 Å². The number of aromatic amines is 1. The lowest BCUT2D eigenvalue weighted by Crippen LogP contribution is -2.05. The van der Waals surface area contributed by atoms with E-state index in [0.717, 1.165) is 22.3 Å². The van der Waals surface area contributed by atoms with Crippen LogP contribution >= 0.6 is 0 Å². The van der Waals surface area contributed by atoms with E-state index in [4.69, 9.17) is 0 Å². The van der Waals surface area contributed by atoms with Gasteiger partial charge in [0, 0.05) is 12.6 Å². The van der Waals surface area contributed by atoms with Crippen LogP contribution < -0.4 is 10.7 Å². The Morgan fingerprint density at radius 2 is 1.95 bits per heavy atom. The van der Waals surface area contributed by atoms with Crippen LogP contribution in [0.5, 0.6) is 0 Å². The van der Waals surface area contributed by atoms with Crippen LogP contribution in [0.2, 0.25) is 0 Å². The van der Waals surface area contributed by atoms with Crippen LogP contribution in [0, 0.1) is 0 Å². The molecule has 0 radical (unpaired) electrons. The van der Waals surface area contributed by atoms with Crippen molar-refractivity contribution in [2.45, 2.75) is 6.92 Å². The number of hydrogen-bond donors (Lipinski definition) is 3. The maximum Gasteiger partial charge on any atom is 0.222 e. The van der Waals surface area contributed by atoms with Crippen LogP contribution in [-0.2, 0) is 4.79 Å². The van der Waals surface area contributed by atoms with E-state index < -0.39 is 0 Å². The zero-order valence-corrected chi connectivity index (χ0v) is 12.0. The Bertz CT molecular complexity index is 787. The number of aromatic nitrogens is 2. The molecule has 0 aliphatic rings. The van der Waals surface area contributed by atoms with Crippen molar-refractivity contribution in [3.63, 3.8) is 0 Å². The van der Waals surface area contributed by atoms with Gasteiger partial charge in [0.1, 0.15) is 0 Å². The van der Waals surface area contributed by atoms with Gasteiger partial charge in [-0.1, -0.05) is 24.3 Å². The normalized spacial score (nSPS) is 11.0. The van der Waals surface area contributed by atoms with Gasteiger partial charge in [-0.05, 0) is 29.8 Å². The zero-order valence-electron chi connectivity index (χ0n) is 12.0. The minimum Gasteiger partial charge on any atom is -0.326 e. The molecular weight excluding hydrogens is 278 g/mol. The molecule has 0 atom stereocenters. The molecule has 0 saturated heterocycles. The molecule has 0 aliphatic heterocycles. The highest BCUT2D eigenvalue weighted by atomic mass is 16.1. The molecule has 0 saturated carbocycles. The minimum atomic E-state index is -0.0898. The number of hydrogen-bond acceptors (Lipinski definition) is 4. The molecule has 0 unspecified atom stereocenters. The van der Waals surface area contributed by atoms with Gasteiger partial charge >= 0.3 is 0 Å². The van der Waals surface area contributed by atoms with E-state index in [2.05, 4.69) is 25.8 Å². The molecule has 1 aromatic heterocycles. The fraction of sp³-hybridized carbons (Fsp3) is 0.0625. The van der Waals surface area contributed by atoms with Crippen LogP contribution in [0.4, 0.5) is 11.6 Å². The number of nitrogens with zero attached hydrogens (tertiary/aromatic N) is 2. The Hall–Kier alpha value is -3.15. The SMILES string of the molecule is CC(=O)Nc1ccc(/C=N/Nc2nc3ccccc3[nH]2)cc1. The average molecular weight is 293 g/mol. The molecule has 6 nitrogen and oxygen atoms in total. The number of carbonyl (C=O) groups excluding carboxylic acids is 1. The van der Waals surface area contributed by atoms with Gasteiger partial charge in [-0.2, -0.15) is 5.10 Å². The van der Waals surface area contributed by atoms with E-state index >= 15 is 0 Å². The third-order valence-corrected chi connectivity index (χ3v) is 3.00. The molecule has 3 rings (SSSR count). The number of para-hydroxylation sites is 2. The number of imidazole rings is 1. The first-order valence-electron chi connectivity index (χ1n) is 6.82. The molecule has 22 heavy (non-hydrogen) atoms. The maximum atomic E-state index is 10.9. The van der Waals surface area contributed by atoms with E-state index in [-0.39, 0.29) is 5.91 Å². The minimum absolute atomic E-state index is 0.0898. The molecule has 6 heteroatoms. The lowest BCUT2D eigenvalue weighted by molar-refractivity contribution is -0.114. The van der Waals surface area contributed by atoms with Crippen LogP contribution in [0.15, 0.2) is 53.6 Å². The quantitative estimate of drug-likeness (QED) is 0.511. The second-order valence-electron chi connectivity index (χ2n) is 4.78. The van der Waals surface area contributed by atoms with Crippen molar-refractivity contribution in [3.8, 4) is 0 Å². The molecule has 3 aromatic rings. The van der Waals surface area contributed by atoms with E-state index in [1.165, 1.54) is 6.92 Å². The lowest BCUT2D eigenvalue weighted by atomic mass is 10.2. The summed E-state index contributed by atoms with van der Waals surface area (Å²) in [6.07, 6.45) is 1.69. The number of nitrogens with one attached hydrogen (secondary N) is 3. The fourth-order valence-corrected chi connectivity index (χ4v) is 2.03. The van der Waals surface area contributed by atoms with Crippen LogP contribution in [0.25, 0.3) is 11.0 Å². The van der Waals surface area contributed by atoms with Gasteiger partial charge in [-0.15, -0.1) is 0 Å². The molecule has 0 bridgehead atoms. The number of H-pyrrole nitrogens is 1. The average Bonchev–Trinajstić information content (AvgIpc) is 2.91. The van der Waals surface area contributed by atoms with E-state index in [1.807, 2.05) is 48.5 Å². The third-order valence-electron chi connectivity index (χ3n) is 3.00. The van der Waals surface area contributed by atoms with Crippen molar-refractivity contribution in [3.05, 3.63) is 54.1 Å². The molecule has 3 N–H and O–H groups in total. The number of benzene rings is 2. The standard InChI is InChI=1S/C16H15N5O/c1-11(22)18-13-8-6-12(7-9-13)10-17-21-16-19-14-4-2-3-5-15(14)20-16/h2-10H,1H3,(H,18,22)(H2,19,20,21)/b17-10+. The number of anilines is 2. The highest BCUT2D eigenvalue weighted by molar-refractivity contribution is 5.89. The highest BCUT2D eigenvalue weighted by Gasteiger charge is 1.99. The topological polar surface area (TPSA) is 82.2 Å². The summed E-state index contributed by atoms with van der Waals surface area (Å²) < 4.78 is 0. The van der Waals surface area contributed by atoms with Gasteiger partial charge in [-0.3, -0.25) is 4.79 Å². The van der Waals surface area contributed by atoms with Crippen molar-refractivity contribution in [2.75, 3.05) is 10.7 Å². The van der Waals surface area contributed by atoms with Gasteiger partial charge in [0.05, 0.1) is 17.2 Å². The fourth-order valence-electron chi connectivity index (χ4n) is 2.03. The largest absolute Gasteiger partial charge is 0.326 e. The Morgan fingerprint density at radius 3 is 2.68 bits per heavy atom. The van der Waals surface area contributed by atoms with Gasteiger partial charge in [0.25, 0.3) is 0 Å². The number of hydrazone groups is 1. The molecule has 0 fully saturated rings. The van der Waals surface area contributed by atoms with Gasteiger partial charge in [0.2, 0.25) is 11.9 Å².